The number of rotatable bonds is 14. The molecule has 9 nitrogen and oxygen atoms in total. The maximum absolute atomic E-state index is 9.30. The molecular weight excluding hydrogens is 691 g/mol. The second kappa shape index (κ2) is 15.4. The molecule has 0 bridgehead atoms. The van der Waals surface area contributed by atoms with Gasteiger partial charge in [0.15, 0.2) is 5.82 Å². The molecule has 0 unspecified atom stereocenters. The number of thioether (sulfide) groups is 1. The number of aryl methyl sites for hydroxylation is 1. The van der Waals surface area contributed by atoms with E-state index in [1.807, 2.05) is 59.4 Å². The van der Waals surface area contributed by atoms with Crippen LogP contribution in [0.25, 0.3) is 17.2 Å². The van der Waals surface area contributed by atoms with Gasteiger partial charge in [0.05, 0.1) is 33.0 Å². The summed E-state index contributed by atoms with van der Waals surface area (Å²) in [5.41, 5.74) is 3.17. The van der Waals surface area contributed by atoms with E-state index >= 15 is 0 Å². The first-order chi connectivity index (χ1) is 20.1. The third-order valence-electron chi connectivity index (χ3n) is 6.06. The molecular formula is C28H29IN6O3S3. The van der Waals surface area contributed by atoms with Crippen molar-refractivity contribution in [2.75, 3.05) is 49.9 Å². The Morgan fingerprint density at radius 2 is 1.73 bits per heavy atom. The molecule has 0 saturated heterocycles. The fourth-order valence-corrected chi connectivity index (χ4v) is 6.76. The fourth-order valence-electron chi connectivity index (χ4n) is 4.14. The first-order valence-electron chi connectivity index (χ1n) is 12.5. The predicted octanol–water partition coefficient (Wildman–Crippen LogP) is 6.73. The number of ether oxygens (including phenoxy) is 3. The summed E-state index contributed by atoms with van der Waals surface area (Å²) in [5.74, 6) is 4.55. The van der Waals surface area contributed by atoms with E-state index < -0.39 is 0 Å². The zero-order chi connectivity index (χ0) is 29.2. The highest BCUT2D eigenvalue weighted by atomic mass is 127. The Balaban J connectivity index is 1.78. The minimum absolute atomic E-state index is 0.477. The fraction of sp³-hybridized carbons (Fsp3) is 0.286. The van der Waals surface area contributed by atoms with E-state index in [2.05, 4.69) is 46.8 Å². The average Bonchev–Trinajstić information content (AvgIpc) is 3.46. The largest absolute Gasteiger partial charge is 0.494 e. The minimum Gasteiger partial charge on any atom is -0.494 e. The lowest BCUT2D eigenvalue weighted by atomic mass is 10.1. The number of benzene rings is 2. The molecule has 4 rings (SSSR count). The minimum atomic E-state index is 0.477. The molecule has 0 aliphatic heterocycles. The molecule has 0 radical (unpaired) electrons. The molecule has 0 amide bonds. The maximum atomic E-state index is 9.30. The second-order valence-electron chi connectivity index (χ2n) is 8.37. The van der Waals surface area contributed by atoms with Gasteiger partial charge < -0.3 is 14.2 Å². The van der Waals surface area contributed by atoms with E-state index in [9.17, 15) is 5.26 Å². The Hall–Kier alpha value is -2.80. The van der Waals surface area contributed by atoms with Crippen LogP contribution in [-0.2, 0) is 6.42 Å². The third kappa shape index (κ3) is 7.35. The summed E-state index contributed by atoms with van der Waals surface area (Å²) in [6.07, 6.45) is 2.87. The molecule has 13 heteroatoms. The molecule has 2 aromatic heterocycles. The summed E-state index contributed by atoms with van der Waals surface area (Å²) in [6, 6.07) is 19.3. The smallest absolute Gasteiger partial charge is 0.242 e. The second-order valence-corrected chi connectivity index (χ2v) is 12.8. The van der Waals surface area contributed by atoms with Crippen molar-refractivity contribution in [1.29, 1.82) is 5.26 Å². The maximum Gasteiger partial charge on any atom is 0.242 e. The number of hydrogen-bond donors (Lipinski definition) is 0. The van der Waals surface area contributed by atoms with E-state index in [0.717, 1.165) is 29.4 Å². The number of hydrogen-bond acceptors (Lipinski definition) is 11. The summed E-state index contributed by atoms with van der Waals surface area (Å²) >= 11 is 5.65. The predicted molar refractivity (Wildman–Crippen MR) is 177 cm³/mol. The van der Waals surface area contributed by atoms with Gasteiger partial charge in [-0.2, -0.15) is 5.26 Å². The monoisotopic (exact) mass is 720 g/mol. The van der Waals surface area contributed by atoms with Crippen LogP contribution in [0.5, 0.6) is 17.4 Å². The van der Waals surface area contributed by atoms with Crippen LogP contribution in [0.15, 0.2) is 59.5 Å². The molecule has 4 aromatic rings. The first-order valence-corrected chi connectivity index (χ1v) is 18.2. The highest BCUT2D eigenvalue weighted by Crippen LogP contribution is 2.39. The van der Waals surface area contributed by atoms with E-state index in [1.54, 1.807) is 60.0 Å². The third-order valence-corrected chi connectivity index (χ3v) is 9.58. The van der Waals surface area contributed by atoms with Gasteiger partial charge in [0.2, 0.25) is 11.8 Å². The van der Waals surface area contributed by atoms with Crippen LogP contribution in [0.2, 0.25) is 0 Å². The van der Waals surface area contributed by atoms with Gasteiger partial charge in [0, 0.05) is 29.0 Å². The standard InChI is InChI=1S/C28H29IN6O3S3/c1-36-22-8-6-9-23(37-2)26(22)35-27(21-7-5-10-25(31-21)38-3)32-33-28(35)34(14-16-40-29)41-15-13-20-12-11-19(18-30)17-24(20)39-4/h5-12,17H,13-16H2,1-4H3. The van der Waals surface area contributed by atoms with Crippen molar-refractivity contribution in [1.82, 2.24) is 19.7 Å². The van der Waals surface area contributed by atoms with E-state index in [0.29, 0.717) is 46.1 Å². The number of halogens is 1. The zero-order valence-electron chi connectivity index (χ0n) is 23.0. The number of nitriles is 1. The van der Waals surface area contributed by atoms with E-state index in [4.69, 9.17) is 14.2 Å². The molecule has 41 heavy (non-hydrogen) atoms. The lowest BCUT2D eigenvalue weighted by Crippen LogP contribution is -2.23. The average molecular weight is 721 g/mol. The van der Waals surface area contributed by atoms with Crippen LogP contribution in [-0.4, -0.2) is 65.4 Å². The molecule has 0 aliphatic carbocycles. The Morgan fingerprint density at radius 1 is 0.976 bits per heavy atom. The SMILES string of the molecule is COc1cccc(-c2nnc(N(CCSI)SCCc3ccc(C#N)cc3SC)n2-c2c(OC)cccc2OC)n1. The van der Waals surface area contributed by atoms with Crippen molar-refractivity contribution in [3.8, 4) is 40.7 Å². The Kier molecular flexibility index (Phi) is 11.7. The quantitative estimate of drug-likeness (QED) is 0.0788. The molecule has 2 aromatic carbocycles. The lowest BCUT2D eigenvalue weighted by molar-refractivity contribution is 0.391. The van der Waals surface area contributed by atoms with Gasteiger partial charge in [-0.1, -0.05) is 27.1 Å². The van der Waals surface area contributed by atoms with Crippen LogP contribution in [0.4, 0.5) is 5.95 Å². The highest BCUT2D eigenvalue weighted by Gasteiger charge is 2.27. The number of pyridine rings is 1. The molecule has 214 valence electrons. The Morgan fingerprint density at radius 3 is 2.39 bits per heavy atom. The number of anilines is 1. The van der Waals surface area contributed by atoms with Crippen LogP contribution < -0.4 is 18.5 Å². The Bertz CT molecular complexity index is 1490. The topological polar surface area (TPSA) is 98.3 Å². The number of para-hydroxylation sites is 1. The van der Waals surface area contributed by atoms with Gasteiger partial charge in [-0.3, -0.25) is 8.87 Å². The first kappa shape index (κ1) is 31.1. The van der Waals surface area contributed by atoms with Crippen molar-refractivity contribution < 1.29 is 14.2 Å². The van der Waals surface area contributed by atoms with Gasteiger partial charge in [-0.05, 0) is 81.7 Å². The number of aromatic nitrogens is 4. The normalized spacial score (nSPS) is 10.7. The summed E-state index contributed by atoms with van der Waals surface area (Å²) in [4.78, 5) is 5.76. The summed E-state index contributed by atoms with van der Waals surface area (Å²) < 4.78 is 21.1. The van der Waals surface area contributed by atoms with Crippen molar-refractivity contribution in [2.24, 2.45) is 0 Å². The van der Waals surface area contributed by atoms with Crippen molar-refractivity contribution in [2.45, 2.75) is 11.3 Å². The Labute approximate surface area is 265 Å². The van der Waals surface area contributed by atoms with Crippen LogP contribution in [0, 0.1) is 11.3 Å². The summed E-state index contributed by atoms with van der Waals surface area (Å²) in [5, 5.41) is 18.6. The summed E-state index contributed by atoms with van der Waals surface area (Å²) in [6.45, 7) is 0.724. The molecule has 0 atom stereocenters. The van der Waals surface area contributed by atoms with E-state index in [1.165, 1.54) is 5.56 Å². The molecule has 0 N–H and O–H groups in total. The lowest BCUT2D eigenvalue weighted by Gasteiger charge is -2.24. The van der Waals surface area contributed by atoms with Crippen molar-refractivity contribution in [3.05, 3.63) is 65.7 Å². The van der Waals surface area contributed by atoms with Gasteiger partial charge in [0.1, 0.15) is 22.9 Å². The van der Waals surface area contributed by atoms with Crippen LogP contribution in [0.3, 0.4) is 0 Å². The number of methoxy groups -OCH3 is 3. The van der Waals surface area contributed by atoms with Crippen LogP contribution >= 0.6 is 53.8 Å². The van der Waals surface area contributed by atoms with Gasteiger partial charge >= 0.3 is 0 Å². The molecule has 0 saturated carbocycles. The van der Waals surface area contributed by atoms with Crippen LogP contribution in [0.1, 0.15) is 11.1 Å². The number of nitrogens with zero attached hydrogens (tertiary/aromatic N) is 6. The zero-order valence-corrected chi connectivity index (χ0v) is 27.6. The molecule has 0 aliphatic rings. The molecule has 0 fully saturated rings. The highest BCUT2D eigenvalue weighted by molar-refractivity contribution is 14.2. The van der Waals surface area contributed by atoms with Gasteiger partial charge in [-0.25, -0.2) is 4.98 Å². The van der Waals surface area contributed by atoms with Gasteiger partial charge in [0.25, 0.3) is 0 Å². The van der Waals surface area contributed by atoms with E-state index in [-0.39, 0.29) is 0 Å². The molecule has 2 heterocycles. The van der Waals surface area contributed by atoms with Crippen molar-refractivity contribution in [3.63, 3.8) is 0 Å². The van der Waals surface area contributed by atoms with Crippen molar-refractivity contribution >= 4 is 59.8 Å². The van der Waals surface area contributed by atoms with Gasteiger partial charge in [-0.15, -0.1) is 22.0 Å². The molecule has 0 spiro atoms. The summed E-state index contributed by atoms with van der Waals surface area (Å²) in [7, 11) is 6.58.